The second-order valence-electron chi connectivity index (χ2n) is 11.2. The van der Waals surface area contributed by atoms with Gasteiger partial charge in [0.2, 0.25) is 0 Å². The van der Waals surface area contributed by atoms with Crippen LogP contribution in [0.4, 0.5) is 4.39 Å². The summed E-state index contributed by atoms with van der Waals surface area (Å²) in [4.78, 5) is 27.6. The van der Waals surface area contributed by atoms with Crippen molar-refractivity contribution in [2.24, 2.45) is 23.5 Å². The molecule has 0 saturated heterocycles. The second kappa shape index (κ2) is 10.8. The van der Waals surface area contributed by atoms with Crippen molar-refractivity contribution in [3.63, 3.8) is 0 Å². The summed E-state index contributed by atoms with van der Waals surface area (Å²) in [6, 6.07) is 5.38. The molecule has 4 fully saturated rings. The van der Waals surface area contributed by atoms with E-state index in [0.717, 1.165) is 56.3 Å². The van der Waals surface area contributed by atoms with Crippen LogP contribution in [-0.2, 0) is 0 Å². The number of alkyl halides is 1. The summed E-state index contributed by atoms with van der Waals surface area (Å²) < 4.78 is 20.0. The number of nitrogens with two attached hydrogens (primary N) is 1. The van der Waals surface area contributed by atoms with Crippen molar-refractivity contribution in [1.82, 2.24) is 19.9 Å². The highest BCUT2D eigenvalue weighted by Gasteiger charge is 2.54. The van der Waals surface area contributed by atoms with Gasteiger partial charge in [0.25, 0.3) is 11.8 Å². The van der Waals surface area contributed by atoms with Gasteiger partial charge >= 0.3 is 0 Å². The number of primary amides is 1. The fourth-order valence-corrected chi connectivity index (χ4v) is 7.42. The van der Waals surface area contributed by atoms with Gasteiger partial charge in [-0.2, -0.15) is 0 Å². The molecule has 9 heteroatoms. The number of hydrogen-bond donors (Lipinski definition) is 1. The molecule has 4 aliphatic rings. The zero-order valence-electron chi connectivity index (χ0n) is 21.7. The van der Waals surface area contributed by atoms with E-state index in [1.54, 1.807) is 18.2 Å². The molecule has 4 aliphatic carbocycles. The van der Waals surface area contributed by atoms with Gasteiger partial charge in [-0.05, 0) is 101 Å². The van der Waals surface area contributed by atoms with Crippen LogP contribution in [0.15, 0.2) is 24.4 Å². The first-order valence-electron chi connectivity index (χ1n) is 13.8. The summed E-state index contributed by atoms with van der Waals surface area (Å²) in [6.07, 6.45) is 11.8. The number of halogens is 1. The molecule has 0 spiro atoms. The Balaban J connectivity index is 1.39. The zero-order chi connectivity index (χ0) is 26.0. The minimum absolute atomic E-state index is 0.0288. The van der Waals surface area contributed by atoms with Crippen molar-refractivity contribution in [2.45, 2.75) is 76.7 Å². The van der Waals surface area contributed by atoms with Crippen LogP contribution in [0.5, 0.6) is 5.75 Å². The molecule has 0 radical (unpaired) electrons. The SMILES string of the molecule is CCN(C(=O)c1ccc(-n2cc(C(N)=O)nn2)c(OCCCCCCF)c1)C12CC3CC(CC(C3)C1)C2. The highest BCUT2D eigenvalue weighted by atomic mass is 19.1. The van der Waals surface area contributed by atoms with E-state index in [1.807, 2.05) is 0 Å². The Bertz CT molecular complexity index is 1100. The maximum absolute atomic E-state index is 14.0. The molecule has 6 rings (SSSR count). The fraction of sp³-hybridized carbons (Fsp3) is 0.643. The zero-order valence-corrected chi connectivity index (χ0v) is 21.7. The molecular formula is C28H38FN5O3. The predicted octanol–water partition coefficient (Wildman–Crippen LogP) is 4.71. The number of hydrogen-bond acceptors (Lipinski definition) is 5. The Hall–Kier alpha value is -2.97. The van der Waals surface area contributed by atoms with Crippen LogP contribution in [0.2, 0.25) is 0 Å². The van der Waals surface area contributed by atoms with Gasteiger partial charge in [0.15, 0.2) is 5.69 Å². The third-order valence-electron chi connectivity index (χ3n) is 8.62. The molecule has 2 N–H and O–H groups in total. The normalized spacial score (nSPS) is 25.8. The van der Waals surface area contributed by atoms with Crippen LogP contribution in [0.25, 0.3) is 5.69 Å². The van der Waals surface area contributed by atoms with Crippen molar-refractivity contribution in [3.8, 4) is 11.4 Å². The van der Waals surface area contributed by atoms with Crippen LogP contribution in [0.1, 0.15) is 92.0 Å². The number of carbonyl (C=O) groups excluding carboxylic acids is 2. The molecule has 37 heavy (non-hydrogen) atoms. The van der Waals surface area contributed by atoms with E-state index < -0.39 is 5.91 Å². The van der Waals surface area contributed by atoms with Crippen molar-refractivity contribution in [3.05, 3.63) is 35.7 Å². The molecule has 2 amide bonds. The lowest BCUT2D eigenvalue weighted by Gasteiger charge is -2.60. The Morgan fingerprint density at radius 2 is 1.78 bits per heavy atom. The highest BCUT2D eigenvalue weighted by molar-refractivity contribution is 5.95. The van der Waals surface area contributed by atoms with Crippen molar-refractivity contribution in [1.29, 1.82) is 0 Å². The Kier molecular flexibility index (Phi) is 7.49. The lowest BCUT2D eigenvalue weighted by molar-refractivity contribution is -0.0731. The molecule has 1 aromatic heterocycles. The van der Waals surface area contributed by atoms with Crippen LogP contribution in [-0.4, -0.2) is 57.1 Å². The van der Waals surface area contributed by atoms with Crippen LogP contribution in [0.3, 0.4) is 0 Å². The first-order valence-corrected chi connectivity index (χ1v) is 13.8. The number of carbonyl (C=O) groups is 2. The summed E-state index contributed by atoms with van der Waals surface area (Å²) in [5.74, 6) is 2.12. The topological polar surface area (TPSA) is 103 Å². The van der Waals surface area contributed by atoms with Gasteiger partial charge in [-0.3, -0.25) is 14.0 Å². The summed E-state index contributed by atoms with van der Waals surface area (Å²) in [6.45, 7) is 2.89. The molecule has 1 aromatic carbocycles. The first-order chi connectivity index (χ1) is 17.9. The van der Waals surface area contributed by atoms with Crippen molar-refractivity contribution in [2.75, 3.05) is 19.8 Å². The number of nitrogens with zero attached hydrogens (tertiary/aromatic N) is 4. The van der Waals surface area contributed by atoms with Crippen molar-refractivity contribution < 1.29 is 18.7 Å². The molecule has 2 aromatic rings. The van der Waals surface area contributed by atoms with Gasteiger partial charge in [0, 0.05) is 17.6 Å². The molecule has 1 heterocycles. The maximum Gasteiger partial charge on any atom is 0.270 e. The Labute approximate surface area is 217 Å². The van der Waals surface area contributed by atoms with Gasteiger partial charge in [0.05, 0.1) is 19.5 Å². The molecule has 0 unspecified atom stereocenters. The standard InChI is InChI=1S/C28H38FN5O3/c1-2-33(28-15-19-11-20(16-28)13-21(12-19)17-28)27(36)22-7-8-24(34-18-23(26(30)35)31-32-34)25(14-22)37-10-6-4-3-5-9-29/h7-8,14,18-21H,2-6,9-13,15-17H2,1H3,(H2,30,35). The number of ether oxygens (including phenoxy) is 1. The quantitative estimate of drug-likeness (QED) is 0.416. The van der Waals surface area contributed by atoms with Crippen LogP contribution < -0.4 is 10.5 Å². The molecule has 0 aliphatic heterocycles. The third kappa shape index (κ3) is 5.22. The second-order valence-corrected chi connectivity index (χ2v) is 11.2. The largest absolute Gasteiger partial charge is 0.491 e. The summed E-state index contributed by atoms with van der Waals surface area (Å²) >= 11 is 0. The van der Waals surface area contributed by atoms with Gasteiger partial charge in [-0.1, -0.05) is 11.6 Å². The van der Waals surface area contributed by atoms with Gasteiger partial charge < -0.3 is 15.4 Å². The van der Waals surface area contributed by atoms with E-state index in [2.05, 4.69) is 22.1 Å². The molecule has 4 bridgehead atoms. The minimum atomic E-state index is -0.664. The Morgan fingerprint density at radius 1 is 1.11 bits per heavy atom. The van der Waals surface area contributed by atoms with Gasteiger partial charge in [-0.15, -0.1) is 5.10 Å². The van der Waals surface area contributed by atoms with E-state index in [4.69, 9.17) is 10.5 Å². The molecular weight excluding hydrogens is 473 g/mol. The molecule has 4 saturated carbocycles. The number of aromatic nitrogens is 3. The van der Waals surface area contributed by atoms with E-state index in [-0.39, 0.29) is 23.8 Å². The summed E-state index contributed by atoms with van der Waals surface area (Å²) in [5.41, 5.74) is 6.55. The Morgan fingerprint density at radius 3 is 2.38 bits per heavy atom. The summed E-state index contributed by atoms with van der Waals surface area (Å²) in [7, 11) is 0. The number of rotatable bonds is 12. The molecule has 0 atom stereocenters. The van der Waals surface area contributed by atoms with Crippen LogP contribution in [0, 0.1) is 17.8 Å². The molecule has 200 valence electrons. The number of amides is 2. The lowest BCUT2D eigenvalue weighted by Crippen LogP contribution is -2.61. The monoisotopic (exact) mass is 511 g/mol. The van der Waals surface area contributed by atoms with Gasteiger partial charge in [-0.25, -0.2) is 4.68 Å². The molecule has 8 nitrogen and oxygen atoms in total. The number of benzene rings is 1. The maximum atomic E-state index is 14.0. The van der Waals surface area contributed by atoms with E-state index in [0.29, 0.717) is 36.6 Å². The van der Waals surface area contributed by atoms with E-state index >= 15 is 0 Å². The average molecular weight is 512 g/mol. The fourth-order valence-electron chi connectivity index (χ4n) is 7.42. The van der Waals surface area contributed by atoms with Crippen LogP contribution >= 0.6 is 0 Å². The number of unbranched alkanes of at least 4 members (excludes halogenated alkanes) is 3. The minimum Gasteiger partial charge on any atom is -0.491 e. The average Bonchev–Trinajstić information content (AvgIpc) is 3.36. The van der Waals surface area contributed by atoms with E-state index in [1.165, 1.54) is 30.1 Å². The predicted molar refractivity (Wildman–Crippen MR) is 137 cm³/mol. The highest BCUT2D eigenvalue weighted by Crippen LogP contribution is 2.58. The first kappa shape index (κ1) is 25.7. The van der Waals surface area contributed by atoms with E-state index in [9.17, 15) is 14.0 Å². The third-order valence-corrected chi connectivity index (χ3v) is 8.62. The van der Waals surface area contributed by atoms with Crippen molar-refractivity contribution >= 4 is 11.8 Å². The lowest BCUT2D eigenvalue weighted by atomic mass is 9.52. The summed E-state index contributed by atoms with van der Waals surface area (Å²) in [5, 5.41) is 7.88. The smallest absolute Gasteiger partial charge is 0.270 e. The van der Waals surface area contributed by atoms with Gasteiger partial charge in [0.1, 0.15) is 11.4 Å².